The molecule has 0 fully saturated rings. The minimum absolute atomic E-state index is 0.0507. The summed E-state index contributed by atoms with van der Waals surface area (Å²) in [7, 11) is 0. The highest BCUT2D eigenvalue weighted by molar-refractivity contribution is 5.70. The number of nitrogens with one attached hydrogen (secondary N) is 1. The molecule has 84 valence electrons. The highest BCUT2D eigenvalue weighted by Gasteiger charge is 2.08. The smallest absolute Gasteiger partial charge is 0.278 e. The molecule has 7 heteroatoms. The van der Waals surface area contributed by atoms with Crippen molar-refractivity contribution in [2.75, 3.05) is 12.3 Å². The van der Waals surface area contributed by atoms with E-state index in [0.29, 0.717) is 17.8 Å². The Morgan fingerprint density at radius 2 is 2.50 bits per heavy atom. The van der Waals surface area contributed by atoms with Crippen LogP contribution in [-0.2, 0) is 11.5 Å². The maximum absolute atomic E-state index is 11.6. The van der Waals surface area contributed by atoms with Gasteiger partial charge in [-0.1, -0.05) is 6.08 Å². The monoisotopic (exact) mass is 221 g/mol. The Morgan fingerprint density at radius 3 is 3.25 bits per heavy atom. The number of ether oxygens (including phenoxy) is 1. The molecule has 2 aromatic heterocycles. The Kier molecular flexibility index (Phi) is 2.69. The lowest BCUT2D eigenvalue weighted by Gasteiger charge is -2.02. The van der Waals surface area contributed by atoms with Gasteiger partial charge in [0.2, 0.25) is 5.95 Å². The molecule has 0 bridgehead atoms. The van der Waals surface area contributed by atoms with Crippen molar-refractivity contribution in [2.45, 2.75) is 6.73 Å². The highest BCUT2D eigenvalue weighted by Crippen LogP contribution is 2.05. The van der Waals surface area contributed by atoms with Gasteiger partial charge >= 0.3 is 0 Å². The molecule has 0 unspecified atom stereocenters. The molecular formula is C9H11N5O2. The molecule has 0 spiro atoms. The third kappa shape index (κ3) is 1.80. The van der Waals surface area contributed by atoms with Gasteiger partial charge in [0.05, 0.1) is 12.9 Å². The molecule has 2 aromatic rings. The molecule has 0 atom stereocenters. The first-order valence-electron chi connectivity index (χ1n) is 4.61. The van der Waals surface area contributed by atoms with Crippen LogP contribution in [0.2, 0.25) is 0 Å². The fourth-order valence-corrected chi connectivity index (χ4v) is 1.34. The van der Waals surface area contributed by atoms with E-state index in [0.717, 1.165) is 0 Å². The van der Waals surface area contributed by atoms with Crippen LogP contribution in [0.5, 0.6) is 0 Å². The first-order valence-corrected chi connectivity index (χ1v) is 4.61. The fraction of sp³-hybridized carbons (Fsp3) is 0.222. The zero-order valence-electron chi connectivity index (χ0n) is 8.51. The first kappa shape index (κ1) is 10.4. The van der Waals surface area contributed by atoms with Crippen molar-refractivity contribution < 1.29 is 4.74 Å². The van der Waals surface area contributed by atoms with E-state index in [1.165, 1.54) is 6.33 Å². The molecule has 0 aliphatic carbocycles. The van der Waals surface area contributed by atoms with Crippen molar-refractivity contribution in [3.63, 3.8) is 0 Å². The van der Waals surface area contributed by atoms with Crippen molar-refractivity contribution >= 4 is 17.1 Å². The third-order valence-corrected chi connectivity index (χ3v) is 1.97. The van der Waals surface area contributed by atoms with Gasteiger partial charge in [-0.2, -0.15) is 4.98 Å². The number of hydrogen-bond donors (Lipinski definition) is 2. The summed E-state index contributed by atoms with van der Waals surface area (Å²) in [5.41, 5.74) is 5.72. The molecule has 16 heavy (non-hydrogen) atoms. The lowest BCUT2D eigenvalue weighted by atomic mass is 10.5. The maximum Gasteiger partial charge on any atom is 0.278 e. The van der Waals surface area contributed by atoms with Crippen molar-refractivity contribution in [2.24, 2.45) is 0 Å². The Hall–Kier alpha value is -2.15. The van der Waals surface area contributed by atoms with E-state index in [1.54, 1.807) is 10.6 Å². The summed E-state index contributed by atoms with van der Waals surface area (Å²) in [4.78, 5) is 21.9. The summed E-state index contributed by atoms with van der Waals surface area (Å²) in [6.07, 6.45) is 3.11. The summed E-state index contributed by atoms with van der Waals surface area (Å²) in [5, 5.41) is 0. The van der Waals surface area contributed by atoms with Crippen LogP contribution in [0.1, 0.15) is 0 Å². The van der Waals surface area contributed by atoms with Gasteiger partial charge in [0.15, 0.2) is 11.2 Å². The number of imidazole rings is 1. The van der Waals surface area contributed by atoms with E-state index in [9.17, 15) is 4.79 Å². The predicted octanol–water partition coefficient (Wildman–Crippen LogP) is -0.138. The van der Waals surface area contributed by atoms with Gasteiger partial charge in [0.1, 0.15) is 6.73 Å². The molecule has 0 amide bonds. The van der Waals surface area contributed by atoms with Crippen LogP contribution in [0, 0.1) is 0 Å². The lowest BCUT2D eigenvalue weighted by molar-refractivity contribution is 0.103. The summed E-state index contributed by atoms with van der Waals surface area (Å²) in [6, 6.07) is 0. The summed E-state index contributed by atoms with van der Waals surface area (Å²) >= 11 is 0. The molecule has 0 aliphatic rings. The van der Waals surface area contributed by atoms with Gasteiger partial charge in [-0.25, -0.2) is 4.98 Å². The second-order valence-corrected chi connectivity index (χ2v) is 3.13. The SMILES string of the molecule is C=CCOCn1cnc2nc(N)[nH]c(=O)c21. The number of rotatable bonds is 4. The lowest BCUT2D eigenvalue weighted by Crippen LogP contribution is -2.15. The van der Waals surface area contributed by atoms with E-state index < -0.39 is 0 Å². The zero-order chi connectivity index (χ0) is 11.5. The maximum atomic E-state index is 11.6. The minimum atomic E-state index is -0.331. The number of nitrogens with two attached hydrogens (primary N) is 1. The van der Waals surface area contributed by atoms with E-state index in [-0.39, 0.29) is 18.2 Å². The summed E-state index contributed by atoms with van der Waals surface area (Å²) in [6.45, 7) is 4.15. The molecule has 3 N–H and O–H groups in total. The summed E-state index contributed by atoms with van der Waals surface area (Å²) in [5.74, 6) is 0.0507. The molecule has 0 saturated heterocycles. The number of aromatic amines is 1. The van der Waals surface area contributed by atoms with Gasteiger partial charge < -0.3 is 15.0 Å². The standard InChI is InChI=1S/C9H11N5O2/c1-2-3-16-5-14-4-11-7-6(14)8(15)13-9(10)12-7/h2,4H,1,3,5H2,(H3,10,12,13,15). The average molecular weight is 221 g/mol. The van der Waals surface area contributed by atoms with E-state index in [4.69, 9.17) is 10.5 Å². The molecule has 2 rings (SSSR count). The first-order chi connectivity index (χ1) is 7.72. The van der Waals surface area contributed by atoms with Gasteiger partial charge in [-0.05, 0) is 0 Å². The van der Waals surface area contributed by atoms with Crippen LogP contribution in [0.25, 0.3) is 11.2 Å². The number of hydrogen-bond acceptors (Lipinski definition) is 5. The normalized spacial score (nSPS) is 10.8. The number of nitrogens with zero attached hydrogens (tertiary/aromatic N) is 3. The van der Waals surface area contributed by atoms with Crippen molar-refractivity contribution in [3.8, 4) is 0 Å². The third-order valence-electron chi connectivity index (χ3n) is 1.97. The van der Waals surface area contributed by atoms with Crippen LogP contribution >= 0.6 is 0 Å². The van der Waals surface area contributed by atoms with E-state index in [2.05, 4.69) is 21.5 Å². The van der Waals surface area contributed by atoms with Crippen molar-refractivity contribution in [1.29, 1.82) is 0 Å². The number of fused-ring (bicyclic) bond motifs is 1. The Morgan fingerprint density at radius 1 is 1.69 bits per heavy atom. The van der Waals surface area contributed by atoms with E-state index in [1.807, 2.05) is 0 Å². The van der Waals surface area contributed by atoms with Gasteiger partial charge in [0.25, 0.3) is 5.56 Å². The number of aromatic nitrogens is 4. The largest absolute Gasteiger partial charge is 0.369 e. The number of anilines is 1. The molecule has 0 radical (unpaired) electrons. The van der Waals surface area contributed by atoms with E-state index >= 15 is 0 Å². The quantitative estimate of drug-likeness (QED) is 0.553. The Bertz CT molecular complexity index is 571. The van der Waals surface area contributed by atoms with Crippen LogP contribution in [-0.4, -0.2) is 26.1 Å². The highest BCUT2D eigenvalue weighted by atomic mass is 16.5. The van der Waals surface area contributed by atoms with Gasteiger partial charge in [-0.15, -0.1) is 6.58 Å². The van der Waals surface area contributed by atoms with Gasteiger partial charge in [0, 0.05) is 0 Å². The topological polar surface area (TPSA) is 98.8 Å². The number of H-pyrrole nitrogens is 1. The van der Waals surface area contributed by atoms with Gasteiger partial charge in [-0.3, -0.25) is 9.78 Å². The van der Waals surface area contributed by atoms with Crippen LogP contribution < -0.4 is 11.3 Å². The Balaban J connectivity index is 2.40. The second-order valence-electron chi connectivity index (χ2n) is 3.13. The molecular weight excluding hydrogens is 210 g/mol. The number of nitrogen functional groups attached to an aromatic ring is 1. The molecule has 0 aromatic carbocycles. The molecule has 0 aliphatic heterocycles. The average Bonchev–Trinajstić information content (AvgIpc) is 2.62. The molecule has 0 saturated carbocycles. The van der Waals surface area contributed by atoms with Crippen LogP contribution in [0.15, 0.2) is 23.8 Å². The van der Waals surface area contributed by atoms with Crippen LogP contribution in [0.3, 0.4) is 0 Å². The summed E-state index contributed by atoms with van der Waals surface area (Å²) < 4.78 is 6.77. The second kappa shape index (κ2) is 4.15. The Labute approximate surface area is 90.6 Å². The van der Waals surface area contributed by atoms with Crippen LogP contribution in [0.4, 0.5) is 5.95 Å². The van der Waals surface area contributed by atoms with Crippen molar-refractivity contribution in [1.82, 2.24) is 19.5 Å². The van der Waals surface area contributed by atoms with Crippen molar-refractivity contribution in [3.05, 3.63) is 29.3 Å². The fourth-order valence-electron chi connectivity index (χ4n) is 1.34. The molecule has 7 nitrogen and oxygen atoms in total. The minimum Gasteiger partial charge on any atom is -0.369 e. The molecule has 2 heterocycles. The zero-order valence-corrected chi connectivity index (χ0v) is 8.51. The predicted molar refractivity (Wildman–Crippen MR) is 58.7 cm³/mol.